The predicted molar refractivity (Wildman–Crippen MR) is 94.4 cm³/mol. The molecule has 0 bridgehead atoms. The van der Waals surface area contributed by atoms with Gasteiger partial charge in [-0.05, 0) is 17.0 Å². The molecule has 0 unspecified atom stereocenters. The van der Waals surface area contributed by atoms with Crippen molar-refractivity contribution in [3.63, 3.8) is 0 Å². The lowest BCUT2D eigenvalue weighted by Crippen LogP contribution is -2.01. The highest BCUT2D eigenvalue weighted by molar-refractivity contribution is 5.93. The molecule has 0 atom stereocenters. The predicted octanol–water partition coefficient (Wildman–Crippen LogP) is 4.15. The van der Waals surface area contributed by atoms with Crippen molar-refractivity contribution >= 4 is 10.8 Å². The van der Waals surface area contributed by atoms with Crippen molar-refractivity contribution in [2.75, 3.05) is 0 Å². The van der Waals surface area contributed by atoms with Crippen LogP contribution in [0.4, 0.5) is 0 Å². The summed E-state index contributed by atoms with van der Waals surface area (Å²) in [5.41, 5.74) is 9.27. The molecule has 3 heteroatoms. The first kappa shape index (κ1) is 13.7. The number of aromatic nitrogens is 2. The minimum absolute atomic E-state index is 0.538. The zero-order valence-corrected chi connectivity index (χ0v) is 12.7. The van der Waals surface area contributed by atoms with E-state index in [-0.39, 0.29) is 0 Å². The number of nitrogens with two attached hydrogens (primary N) is 1. The smallest absolute Gasteiger partial charge is 0.144 e. The zero-order chi connectivity index (χ0) is 15.6. The first-order valence-corrected chi connectivity index (χ1v) is 7.68. The lowest BCUT2D eigenvalue weighted by molar-refractivity contribution is 1.06. The van der Waals surface area contributed by atoms with Gasteiger partial charge < -0.3 is 5.73 Å². The molecule has 0 spiro atoms. The largest absolute Gasteiger partial charge is 0.326 e. The second-order valence-electron chi connectivity index (χ2n) is 5.48. The summed E-state index contributed by atoms with van der Waals surface area (Å²) < 4.78 is 2.14. The van der Waals surface area contributed by atoms with Crippen LogP contribution in [0.1, 0.15) is 5.56 Å². The molecule has 1 aromatic heterocycles. The van der Waals surface area contributed by atoms with Crippen molar-refractivity contribution < 1.29 is 0 Å². The highest BCUT2D eigenvalue weighted by Crippen LogP contribution is 2.29. The monoisotopic (exact) mass is 299 g/mol. The molecule has 0 saturated carbocycles. The Hall–Kier alpha value is -2.91. The van der Waals surface area contributed by atoms with Gasteiger partial charge in [-0.3, -0.25) is 4.57 Å². The van der Waals surface area contributed by atoms with E-state index in [1.807, 2.05) is 30.6 Å². The maximum Gasteiger partial charge on any atom is 0.144 e. The highest BCUT2D eigenvalue weighted by Gasteiger charge is 2.11. The molecule has 2 N–H and O–H groups in total. The minimum atomic E-state index is 0.538. The summed E-state index contributed by atoms with van der Waals surface area (Å²) in [7, 11) is 0. The highest BCUT2D eigenvalue weighted by atomic mass is 15.1. The number of benzene rings is 3. The maximum absolute atomic E-state index is 5.89. The molecule has 0 fully saturated rings. The molecule has 0 aliphatic heterocycles. The van der Waals surface area contributed by atoms with Crippen molar-refractivity contribution in [1.29, 1.82) is 0 Å². The Balaban J connectivity index is 1.97. The molecule has 4 rings (SSSR count). The Kier molecular flexibility index (Phi) is 3.41. The number of rotatable bonds is 3. The van der Waals surface area contributed by atoms with Crippen molar-refractivity contribution in [2.24, 2.45) is 5.73 Å². The molecule has 23 heavy (non-hydrogen) atoms. The van der Waals surface area contributed by atoms with E-state index < -0.39 is 0 Å². The van der Waals surface area contributed by atoms with E-state index >= 15 is 0 Å². The fourth-order valence-corrected chi connectivity index (χ4v) is 3.03. The van der Waals surface area contributed by atoms with Gasteiger partial charge in [0.1, 0.15) is 5.82 Å². The molecular formula is C20H17N3. The molecule has 0 aliphatic rings. The van der Waals surface area contributed by atoms with Gasteiger partial charge in [-0.1, -0.05) is 60.7 Å². The Morgan fingerprint density at radius 2 is 1.57 bits per heavy atom. The zero-order valence-electron chi connectivity index (χ0n) is 12.7. The van der Waals surface area contributed by atoms with Gasteiger partial charge in [0, 0.05) is 29.9 Å². The molecular weight excluding hydrogens is 282 g/mol. The van der Waals surface area contributed by atoms with Crippen molar-refractivity contribution in [3.8, 4) is 17.1 Å². The SMILES string of the molecule is NCc1ccc(-n2ccnc2-c2ccccc2)c2ccccc12. The molecule has 112 valence electrons. The lowest BCUT2D eigenvalue weighted by atomic mass is 10.0. The third-order valence-corrected chi connectivity index (χ3v) is 4.14. The Labute approximate surface area is 135 Å². The van der Waals surface area contributed by atoms with E-state index in [1.54, 1.807) is 0 Å². The van der Waals surface area contributed by atoms with Crippen LogP contribution < -0.4 is 5.73 Å². The Morgan fingerprint density at radius 3 is 2.35 bits per heavy atom. The number of fused-ring (bicyclic) bond motifs is 1. The van der Waals surface area contributed by atoms with E-state index in [9.17, 15) is 0 Å². The molecule has 4 aromatic rings. The van der Waals surface area contributed by atoms with Gasteiger partial charge in [-0.15, -0.1) is 0 Å². The van der Waals surface area contributed by atoms with Gasteiger partial charge in [0.15, 0.2) is 0 Å². The summed E-state index contributed by atoms with van der Waals surface area (Å²) in [6.07, 6.45) is 3.85. The van der Waals surface area contributed by atoms with Crippen LogP contribution in [-0.2, 0) is 6.54 Å². The maximum atomic E-state index is 5.89. The summed E-state index contributed by atoms with van der Waals surface area (Å²) in [6.45, 7) is 0.538. The normalized spacial score (nSPS) is 11.0. The second kappa shape index (κ2) is 5.71. The van der Waals surface area contributed by atoms with Crippen LogP contribution in [0.2, 0.25) is 0 Å². The Bertz CT molecular complexity index is 955. The molecule has 3 nitrogen and oxygen atoms in total. The first-order chi connectivity index (χ1) is 11.4. The lowest BCUT2D eigenvalue weighted by Gasteiger charge is -2.13. The number of hydrogen-bond acceptors (Lipinski definition) is 2. The van der Waals surface area contributed by atoms with Crippen LogP contribution in [0.5, 0.6) is 0 Å². The molecule has 0 radical (unpaired) electrons. The topological polar surface area (TPSA) is 43.8 Å². The van der Waals surface area contributed by atoms with Crippen LogP contribution in [0.3, 0.4) is 0 Å². The molecule has 0 saturated heterocycles. The van der Waals surface area contributed by atoms with Gasteiger partial charge in [0.25, 0.3) is 0 Å². The summed E-state index contributed by atoms with van der Waals surface area (Å²) in [4.78, 5) is 4.55. The van der Waals surface area contributed by atoms with Crippen LogP contribution in [0, 0.1) is 0 Å². The van der Waals surface area contributed by atoms with Gasteiger partial charge in [-0.2, -0.15) is 0 Å². The Morgan fingerprint density at radius 1 is 0.826 bits per heavy atom. The fourth-order valence-electron chi connectivity index (χ4n) is 3.03. The third kappa shape index (κ3) is 2.31. The molecule has 0 amide bonds. The average Bonchev–Trinajstić information content (AvgIpc) is 3.11. The van der Waals surface area contributed by atoms with Crippen molar-refractivity contribution in [1.82, 2.24) is 9.55 Å². The minimum Gasteiger partial charge on any atom is -0.326 e. The number of nitrogens with zero attached hydrogens (tertiary/aromatic N) is 2. The summed E-state index contributed by atoms with van der Waals surface area (Å²) >= 11 is 0. The van der Waals surface area contributed by atoms with Gasteiger partial charge >= 0.3 is 0 Å². The van der Waals surface area contributed by atoms with E-state index in [2.05, 4.69) is 58.1 Å². The standard InChI is InChI=1S/C20H17N3/c21-14-16-10-11-19(18-9-5-4-8-17(16)18)23-13-12-22-20(23)15-6-2-1-3-7-15/h1-13H,14,21H2. The van der Waals surface area contributed by atoms with Crippen molar-refractivity contribution in [3.05, 3.63) is 84.7 Å². The molecule has 0 aliphatic carbocycles. The van der Waals surface area contributed by atoms with E-state index in [0.717, 1.165) is 22.6 Å². The van der Waals surface area contributed by atoms with Crippen molar-refractivity contribution in [2.45, 2.75) is 6.54 Å². The van der Waals surface area contributed by atoms with Crippen LogP contribution in [0.15, 0.2) is 79.1 Å². The van der Waals surface area contributed by atoms with Gasteiger partial charge in [-0.25, -0.2) is 4.98 Å². The summed E-state index contributed by atoms with van der Waals surface area (Å²) in [6, 6.07) is 22.8. The average molecular weight is 299 g/mol. The first-order valence-electron chi connectivity index (χ1n) is 7.68. The summed E-state index contributed by atoms with van der Waals surface area (Å²) in [5.74, 6) is 0.941. The quantitative estimate of drug-likeness (QED) is 0.617. The van der Waals surface area contributed by atoms with Crippen LogP contribution >= 0.6 is 0 Å². The fraction of sp³-hybridized carbons (Fsp3) is 0.0500. The molecule has 1 heterocycles. The number of hydrogen-bond donors (Lipinski definition) is 1. The van der Waals surface area contributed by atoms with Crippen LogP contribution in [0.25, 0.3) is 27.8 Å². The third-order valence-electron chi connectivity index (χ3n) is 4.14. The van der Waals surface area contributed by atoms with E-state index in [1.165, 1.54) is 10.8 Å². The van der Waals surface area contributed by atoms with E-state index in [0.29, 0.717) is 6.54 Å². The van der Waals surface area contributed by atoms with E-state index in [4.69, 9.17) is 5.73 Å². The second-order valence-corrected chi connectivity index (χ2v) is 5.48. The summed E-state index contributed by atoms with van der Waals surface area (Å²) in [5, 5.41) is 2.38. The van der Waals surface area contributed by atoms with Gasteiger partial charge in [0.2, 0.25) is 0 Å². The van der Waals surface area contributed by atoms with Crippen LogP contribution in [-0.4, -0.2) is 9.55 Å². The number of imidazole rings is 1. The molecule has 3 aromatic carbocycles. The van der Waals surface area contributed by atoms with Gasteiger partial charge in [0.05, 0.1) is 5.69 Å².